The average molecular weight is 233 g/mol. The second kappa shape index (κ2) is 7.60. The van der Waals surface area contributed by atoms with E-state index >= 15 is 0 Å². The van der Waals surface area contributed by atoms with Crippen molar-refractivity contribution in [1.82, 2.24) is 5.32 Å². The summed E-state index contributed by atoms with van der Waals surface area (Å²) in [5.74, 6) is 0.255. The zero-order valence-electron chi connectivity index (χ0n) is 10.2. The van der Waals surface area contributed by atoms with Gasteiger partial charge in [-0.3, -0.25) is 9.59 Å². The molecule has 0 aromatic heterocycles. The lowest BCUT2D eigenvalue weighted by atomic mass is 10.0. The molecular formula is C14H19NO2. The van der Waals surface area contributed by atoms with Crippen LogP contribution in [0.3, 0.4) is 0 Å². The van der Waals surface area contributed by atoms with Crippen molar-refractivity contribution < 1.29 is 9.59 Å². The third kappa shape index (κ3) is 5.29. The summed E-state index contributed by atoms with van der Waals surface area (Å²) in [7, 11) is 1.64. The van der Waals surface area contributed by atoms with Crippen LogP contribution in [0.2, 0.25) is 0 Å². The minimum absolute atomic E-state index is 0.0689. The van der Waals surface area contributed by atoms with Gasteiger partial charge in [-0.1, -0.05) is 36.8 Å². The van der Waals surface area contributed by atoms with Crippen LogP contribution in [-0.4, -0.2) is 18.7 Å². The Bertz CT molecular complexity index is 360. The monoisotopic (exact) mass is 233 g/mol. The molecule has 17 heavy (non-hydrogen) atoms. The standard InChI is InChI=1S/C14H19NO2/c1-15-14(17)11-7-3-6-10-13(16)12-8-4-2-5-9-12/h2,4-5,8-9H,3,6-7,10-11H2,1H3,(H,15,17). The molecule has 0 heterocycles. The van der Waals surface area contributed by atoms with Gasteiger partial charge < -0.3 is 5.32 Å². The highest BCUT2D eigenvalue weighted by Crippen LogP contribution is 2.08. The van der Waals surface area contributed by atoms with E-state index in [1.54, 1.807) is 7.05 Å². The molecular weight excluding hydrogens is 214 g/mol. The van der Waals surface area contributed by atoms with Gasteiger partial charge in [0.2, 0.25) is 5.91 Å². The van der Waals surface area contributed by atoms with Gasteiger partial charge >= 0.3 is 0 Å². The molecule has 0 fully saturated rings. The lowest BCUT2D eigenvalue weighted by molar-refractivity contribution is -0.120. The second-order valence-electron chi connectivity index (χ2n) is 4.02. The van der Waals surface area contributed by atoms with Crippen LogP contribution in [0.4, 0.5) is 0 Å². The van der Waals surface area contributed by atoms with Crippen molar-refractivity contribution in [3.05, 3.63) is 35.9 Å². The summed E-state index contributed by atoms with van der Waals surface area (Å²) in [5.41, 5.74) is 0.777. The number of ketones is 1. The molecule has 0 aliphatic heterocycles. The Kier molecular flexibility index (Phi) is 6.00. The molecule has 0 unspecified atom stereocenters. The number of unbranched alkanes of at least 4 members (excludes halogenated alkanes) is 2. The zero-order valence-corrected chi connectivity index (χ0v) is 10.2. The summed E-state index contributed by atoms with van der Waals surface area (Å²) in [6, 6.07) is 9.33. The molecule has 0 aliphatic rings. The fourth-order valence-corrected chi connectivity index (χ4v) is 1.64. The van der Waals surface area contributed by atoms with Crippen LogP contribution in [0, 0.1) is 0 Å². The van der Waals surface area contributed by atoms with E-state index in [0.29, 0.717) is 12.8 Å². The van der Waals surface area contributed by atoms with Crippen LogP contribution in [0.5, 0.6) is 0 Å². The first-order valence-corrected chi connectivity index (χ1v) is 6.03. The number of amides is 1. The fraction of sp³-hybridized carbons (Fsp3) is 0.429. The van der Waals surface area contributed by atoms with E-state index in [4.69, 9.17) is 0 Å². The molecule has 0 atom stereocenters. The third-order valence-corrected chi connectivity index (χ3v) is 2.68. The van der Waals surface area contributed by atoms with E-state index in [1.807, 2.05) is 30.3 Å². The summed E-state index contributed by atoms with van der Waals surface area (Å²) < 4.78 is 0. The number of carbonyl (C=O) groups is 2. The number of benzene rings is 1. The van der Waals surface area contributed by atoms with Gasteiger partial charge in [0.25, 0.3) is 0 Å². The highest BCUT2D eigenvalue weighted by atomic mass is 16.1. The van der Waals surface area contributed by atoms with Crippen LogP contribution >= 0.6 is 0 Å². The molecule has 1 amide bonds. The second-order valence-corrected chi connectivity index (χ2v) is 4.02. The van der Waals surface area contributed by atoms with Crippen molar-refractivity contribution in [2.24, 2.45) is 0 Å². The van der Waals surface area contributed by atoms with Crippen molar-refractivity contribution in [3.8, 4) is 0 Å². The Balaban J connectivity index is 2.15. The Labute approximate surface area is 102 Å². The highest BCUT2D eigenvalue weighted by molar-refractivity contribution is 5.95. The molecule has 0 aliphatic carbocycles. The van der Waals surface area contributed by atoms with Gasteiger partial charge in [0.1, 0.15) is 0 Å². The molecule has 0 spiro atoms. The molecule has 0 saturated heterocycles. The predicted octanol–water partition coefficient (Wildman–Crippen LogP) is 2.57. The Morgan fingerprint density at radius 2 is 1.65 bits per heavy atom. The summed E-state index contributed by atoms with van der Waals surface area (Å²) >= 11 is 0. The highest BCUT2D eigenvalue weighted by Gasteiger charge is 2.04. The van der Waals surface area contributed by atoms with Crippen molar-refractivity contribution in [3.63, 3.8) is 0 Å². The van der Waals surface area contributed by atoms with E-state index in [0.717, 1.165) is 24.8 Å². The Morgan fingerprint density at radius 3 is 2.29 bits per heavy atom. The molecule has 0 radical (unpaired) electrons. The first-order chi connectivity index (χ1) is 8.24. The molecule has 3 nitrogen and oxygen atoms in total. The van der Waals surface area contributed by atoms with E-state index in [1.165, 1.54) is 0 Å². The van der Waals surface area contributed by atoms with Crippen LogP contribution in [0.1, 0.15) is 42.5 Å². The third-order valence-electron chi connectivity index (χ3n) is 2.68. The SMILES string of the molecule is CNC(=O)CCCCCC(=O)c1ccccc1. The van der Waals surface area contributed by atoms with Gasteiger partial charge in [-0.05, 0) is 12.8 Å². The lowest BCUT2D eigenvalue weighted by Gasteiger charge is -2.01. The van der Waals surface area contributed by atoms with Gasteiger partial charge in [0.15, 0.2) is 5.78 Å². The molecule has 1 aromatic rings. The number of Topliss-reactive ketones (excluding diaryl/α,β-unsaturated/α-hetero) is 1. The van der Waals surface area contributed by atoms with Crippen molar-refractivity contribution >= 4 is 11.7 Å². The predicted molar refractivity (Wildman–Crippen MR) is 67.9 cm³/mol. The van der Waals surface area contributed by atoms with Crippen molar-refractivity contribution in [2.45, 2.75) is 32.1 Å². The maximum atomic E-state index is 11.7. The maximum Gasteiger partial charge on any atom is 0.219 e. The number of rotatable bonds is 7. The van der Waals surface area contributed by atoms with E-state index in [9.17, 15) is 9.59 Å². The Hall–Kier alpha value is -1.64. The van der Waals surface area contributed by atoms with Crippen LogP contribution in [-0.2, 0) is 4.79 Å². The van der Waals surface area contributed by atoms with Crippen molar-refractivity contribution in [1.29, 1.82) is 0 Å². The minimum Gasteiger partial charge on any atom is -0.359 e. The molecule has 0 bridgehead atoms. The molecule has 1 N–H and O–H groups in total. The topological polar surface area (TPSA) is 46.2 Å². The number of nitrogens with one attached hydrogen (secondary N) is 1. The van der Waals surface area contributed by atoms with Gasteiger partial charge in [0.05, 0.1) is 0 Å². The largest absolute Gasteiger partial charge is 0.359 e. The molecule has 1 aromatic carbocycles. The maximum absolute atomic E-state index is 11.7. The number of hydrogen-bond donors (Lipinski definition) is 1. The first-order valence-electron chi connectivity index (χ1n) is 6.03. The van der Waals surface area contributed by atoms with Crippen LogP contribution in [0.25, 0.3) is 0 Å². The molecule has 0 saturated carbocycles. The molecule has 92 valence electrons. The van der Waals surface area contributed by atoms with Crippen molar-refractivity contribution in [2.75, 3.05) is 7.05 Å². The van der Waals surface area contributed by atoms with Crippen LogP contribution in [0.15, 0.2) is 30.3 Å². The van der Waals surface area contributed by atoms with Crippen LogP contribution < -0.4 is 5.32 Å². The minimum atomic E-state index is 0.0689. The number of carbonyl (C=O) groups excluding carboxylic acids is 2. The summed E-state index contributed by atoms with van der Waals surface area (Å²) in [5, 5.41) is 2.58. The fourth-order valence-electron chi connectivity index (χ4n) is 1.64. The quantitative estimate of drug-likeness (QED) is 0.581. The molecule has 1 rings (SSSR count). The first kappa shape index (κ1) is 13.4. The van der Waals surface area contributed by atoms with Gasteiger partial charge in [-0.2, -0.15) is 0 Å². The smallest absolute Gasteiger partial charge is 0.219 e. The van der Waals surface area contributed by atoms with Gasteiger partial charge in [-0.15, -0.1) is 0 Å². The number of hydrogen-bond acceptors (Lipinski definition) is 2. The normalized spacial score (nSPS) is 9.94. The molecule has 3 heteroatoms. The van der Waals surface area contributed by atoms with E-state index in [-0.39, 0.29) is 11.7 Å². The Morgan fingerprint density at radius 1 is 1.00 bits per heavy atom. The van der Waals surface area contributed by atoms with E-state index in [2.05, 4.69) is 5.32 Å². The van der Waals surface area contributed by atoms with Gasteiger partial charge in [-0.25, -0.2) is 0 Å². The lowest BCUT2D eigenvalue weighted by Crippen LogP contribution is -2.16. The van der Waals surface area contributed by atoms with Gasteiger partial charge in [0, 0.05) is 25.5 Å². The van der Waals surface area contributed by atoms with E-state index < -0.39 is 0 Å². The average Bonchev–Trinajstić information content (AvgIpc) is 2.38. The zero-order chi connectivity index (χ0) is 12.5. The summed E-state index contributed by atoms with van der Waals surface area (Å²) in [6.07, 6.45) is 3.74. The summed E-state index contributed by atoms with van der Waals surface area (Å²) in [4.78, 5) is 22.7. The summed E-state index contributed by atoms with van der Waals surface area (Å²) in [6.45, 7) is 0.